The average molecular weight is 411 g/mol. The van der Waals surface area contributed by atoms with E-state index in [9.17, 15) is 9.59 Å². The Morgan fingerprint density at radius 3 is 2.53 bits per heavy atom. The Morgan fingerprint density at radius 2 is 1.80 bits per heavy atom. The second-order valence-electron chi connectivity index (χ2n) is 9.68. The maximum absolute atomic E-state index is 13.8. The summed E-state index contributed by atoms with van der Waals surface area (Å²) < 4.78 is 5.74. The molecule has 1 aromatic rings. The topological polar surface area (TPSA) is 58.6 Å². The first-order valence-electron chi connectivity index (χ1n) is 12.0. The highest BCUT2D eigenvalue weighted by molar-refractivity contribution is 6.02. The van der Waals surface area contributed by atoms with Crippen LogP contribution in [0.5, 0.6) is 0 Å². The van der Waals surface area contributed by atoms with Crippen LogP contribution in [0.25, 0.3) is 0 Å². The molecule has 0 radical (unpaired) electrons. The van der Waals surface area contributed by atoms with E-state index in [2.05, 4.69) is 10.2 Å². The molecular formula is C25H34N2O3. The second kappa shape index (κ2) is 8.33. The lowest BCUT2D eigenvalue weighted by Gasteiger charge is -2.56. The number of fused-ring (bicyclic) bond motifs is 1. The molecule has 162 valence electrons. The van der Waals surface area contributed by atoms with Crippen LogP contribution < -0.4 is 5.32 Å². The predicted molar refractivity (Wildman–Crippen MR) is 115 cm³/mol. The minimum atomic E-state index is -0.376. The van der Waals surface area contributed by atoms with Gasteiger partial charge in [0.25, 0.3) is 5.91 Å². The van der Waals surface area contributed by atoms with Gasteiger partial charge in [-0.05, 0) is 50.2 Å². The van der Waals surface area contributed by atoms with Gasteiger partial charge in [0, 0.05) is 24.8 Å². The second-order valence-corrected chi connectivity index (χ2v) is 9.68. The van der Waals surface area contributed by atoms with Crippen molar-refractivity contribution in [2.24, 2.45) is 0 Å². The zero-order valence-electron chi connectivity index (χ0n) is 17.9. The van der Waals surface area contributed by atoms with Gasteiger partial charge in [0.15, 0.2) is 0 Å². The Balaban J connectivity index is 1.54. The fourth-order valence-electron chi connectivity index (χ4n) is 6.60. The van der Waals surface area contributed by atoms with Gasteiger partial charge >= 0.3 is 0 Å². The minimum Gasteiger partial charge on any atom is -0.376 e. The number of hydrogen-bond acceptors (Lipinski definition) is 3. The fraction of sp³-hybridized carbons (Fsp3) is 0.680. The van der Waals surface area contributed by atoms with Gasteiger partial charge < -0.3 is 15.0 Å². The Labute approximate surface area is 179 Å². The summed E-state index contributed by atoms with van der Waals surface area (Å²) in [5.74, 6) is -0.0494. The molecule has 2 saturated carbocycles. The average Bonchev–Trinajstić information content (AvgIpc) is 3.48. The lowest BCUT2D eigenvalue weighted by molar-refractivity contribution is -0.128. The number of benzene rings is 1. The third-order valence-electron chi connectivity index (χ3n) is 7.94. The van der Waals surface area contributed by atoms with Crippen molar-refractivity contribution in [3.63, 3.8) is 0 Å². The molecule has 5 heteroatoms. The first-order valence-corrected chi connectivity index (χ1v) is 12.0. The molecule has 5 nitrogen and oxygen atoms in total. The van der Waals surface area contributed by atoms with Gasteiger partial charge in [-0.15, -0.1) is 0 Å². The normalized spacial score (nSPS) is 28.7. The number of carbonyl (C=O) groups excluding carboxylic acids is 2. The van der Waals surface area contributed by atoms with Crippen LogP contribution in [0, 0.1) is 0 Å². The maximum atomic E-state index is 13.8. The number of hydrogen-bond donors (Lipinski definition) is 1. The highest BCUT2D eigenvalue weighted by Gasteiger charge is 2.56. The molecule has 5 rings (SSSR count). The third kappa shape index (κ3) is 3.35. The molecule has 2 heterocycles. The Kier molecular flexibility index (Phi) is 5.57. The molecule has 2 aliphatic carbocycles. The summed E-state index contributed by atoms with van der Waals surface area (Å²) >= 11 is 0. The maximum Gasteiger partial charge on any atom is 0.254 e. The summed E-state index contributed by atoms with van der Waals surface area (Å²) in [6, 6.07) is 8.14. The van der Waals surface area contributed by atoms with E-state index in [1.165, 1.54) is 19.3 Å². The van der Waals surface area contributed by atoms with Gasteiger partial charge in [-0.1, -0.05) is 50.3 Å². The van der Waals surface area contributed by atoms with Crippen LogP contribution in [0.1, 0.15) is 92.5 Å². The van der Waals surface area contributed by atoms with Gasteiger partial charge in [0.2, 0.25) is 5.91 Å². The van der Waals surface area contributed by atoms with Crippen LogP contribution in [0.3, 0.4) is 0 Å². The molecule has 2 aliphatic heterocycles. The Hall–Kier alpha value is -1.88. The standard InChI is InChI=1S/C25H34N2O3/c28-23(26-17-19-11-8-16-30-19)22-20-12-4-5-13-21(20)24(29)27(18-9-2-3-10-18)25(22)14-6-1-7-15-25/h4-5,12-13,18-19,22H,1-3,6-11,14-17H2,(H,26,28)/t19-,22-/m0/s1. The van der Waals surface area contributed by atoms with Crippen molar-refractivity contribution in [2.75, 3.05) is 13.2 Å². The first-order chi connectivity index (χ1) is 14.7. The van der Waals surface area contributed by atoms with Gasteiger partial charge in [-0.3, -0.25) is 9.59 Å². The van der Waals surface area contributed by atoms with Crippen molar-refractivity contribution in [1.82, 2.24) is 10.2 Å². The molecule has 1 spiro atoms. The molecule has 2 amide bonds. The number of nitrogens with zero attached hydrogens (tertiary/aromatic N) is 1. The van der Waals surface area contributed by atoms with Crippen molar-refractivity contribution in [3.8, 4) is 0 Å². The first kappa shape index (κ1) is 20.0. The molecule has 0 unspecified atom stereocenters. The molecule has 3 fully saturated rings. The molecule has 4 aliphatic rings. The van der Waals surface area contributed by atoms with Gasteiger partial charge in [-0.2, -0.15) is 0 Å². The number of ether oxygens (including phenoxy) is 1. The van der Waals surface area contributed by atoms with Crippen LogP contribution in [0.4, 0.5) is 0 Å². The van der Waals surface area contributed by atoms with Crippen LogP contribution in [-0.4, -0.2) is 47.6 Å². The summed E-state index contributed by atoms with van der Waals surface area (Å²) in [6.07, 6.45) is 12.0. The van der Waals surface area contributed by atoms with E-state index < -0.39 is 0 Å². The van der Waals surface area contributed by atoms with E-state index in [-0.39, 0.29) is 35.4 Å². The lowest BCUT2D eigenvalue weighted by Crippen LogP contribution is -2.65. The van der Waals surface area contributed by atoms with E-state index in [4.69, 9.17) is 4.74 Å². The molecule has 2 atom stereocenters. The zero-order valence-corrected chi connectivity index (χ0v) is 17.9. The van der Waals surface area contributed by atoms with Crippen molar-refractivity contribution in [2.45, 2.75) is 94.2 Å². The summed E-state index contributed by atoms with van der Waals surface area (Å²) in [4.78, 5) is 29.7. The van der Waals surface area contributed by atoms with Crippen LogP contribution in [0.15, 0.2) is 24.3 Å². The van der Waals surface area contributed by atoms with Crippen LogP contribution in [-0.2, 0) is 9.53 Å². The minimum absolute atomic E-state index is 0.0790. The SMILES string of the molecule is O=C(NC[C@@H]1CCCO1)[C@@H]1c2ccccc2C(=O)N(C2CCCC2)C12CCCCC2. The van der Waals surface area contributed by atoms with E-state index in [1.54, 1.807) is 0 Å². The number of carbonyl (C=O) groups is 2. The van der Waals surface area contributed by atoms with Crippen molar-refractivity contribution in [3.05, 3.63) is 35.4 Å². The highest BCUT2D eigenvalue weighted by Crippen LogP contribution is 2.51. The molecule has 1 saturated heterocycles. The van der Waals surface area contributed by atoms with Crippen molar-refractivity contribution < 1.29 is 14.3 Å². The number of rotatable bonds is 4. The van der Waals surface area contributed by atoms with Crippen molar-refractivity contribution in [1.29, 1.82) is 0 Å². The summed E-state index contributed by atoms with van der Waals surface area (Å²) in [6.45, 7) is 1.37. The summed E-state index contributed by atoms with van der Waals surface area (Å²) in [5, 5.41) is 3.23. The predicted octanol–water partition coefficient (Wildman–Crippen LogP) is 4.17. The quantitative estimate of drug-likeness (QED) is 0.811. The number of amides is 2. The van der Waals surface area contributed by atoms with E-state index in [0.29, 0.717) is 6.54 Å². The van der Waals surface area contributed by atoms with Crippen LogP contribution in [0.2, 0.25) is 0 Å². The molecular weight excluding hydrogens is 376 g/mol. The largest absolute Gasteiger partial charge is 0.376 e. The smallest absolute Gasteiger partial charge is 0.254 e. The highest BCUT2D eigenvalue weighted by atomic mass is 16.5. The fourth-order valence-corrected chi connectivity index (χ4v) is 6.60. The van der Waals surface area contributed by atoms with E-state index >= 15 is 0 Å². The lowest BCUT2D eigenvalue weighted by atomic mass is 9.64. The summed E-state index contributed by atoms with van der Waals surface area (Å²) in [7, 11) is 0. The molecule has 1 N–H and O–H groups in total. The molecule has 30 heavy (non-hydrogen) atoms. The molecule has 1 aromatic carbocycles. The van der Waals surface area contributed by atoms with Crippen molar-refractivity contribution >= 4 is 11.8 Å². The van der Waals surface area contributed by atoms with E-state index in [0.717, 1.165) is 69.1 Å². The van der Waals surface area contributed by atoms with Crippen LogP contribution >= 0.6 is 0 Å². The zero-order chi connectivity index (χ0) is 20.6. The van der Waals surface area contributed by atoms with Gasteiger partial charge in [0.05, 0.1) is 17.6 Å². The monoisotopic (exact) mass is 410 g/mol. The van der Waals surface area contributed by atoms with Gasteiger partial charge in [0.1, 0.15) is 0 Å². The Bertz CT molecular complexity index is 789. The molecule has 0 aromatic heterocycles. The molecule has 0 bridgehead atoms. The Morgan fingerprint density at radius 1 is 1.03 bits per heavy atom. The summed E-state index contributed by atoms with van der Waals surface area (Å²) in [5.41, 5.74) is 1.29. The third-order valence-corrected chi connectivity index (χ3v) is 7.94. The number of nitrogens with one attached hydrogen (secondary N) is 1. The van der Waals surface area contributed by atoms with Gasteiger partial charge in [-0.25, -0.2) is 0 Å². The van der Waals surface area contributed by atoms with E-state index in [1.807, 2.05) is 24.3 Å².